The lowest BCUT2D eigenvalue weighted by Gasteiger charge is -2.27. The highest BCUT2D eigenvalue weighted by molar-refractivity contribution is 9.09. The molecular weight excluding hydrogens is 392 g/mol. The van der Waals surface area contributed by atoms with E-state index in [1.165, 1.54) is 0 Å². The largest absolute Gasteiger partial charge is 0.493 e. The molecule has 132 valence electrons. The summed E-state index contributed by atoms with van der Waals surface area (Å²) in [6.07, 6.45) is 1.98. The Labute approximate surface area is 152 Å². The Hall–Kier alpha value is -2.22. The molecule has 2 aliphatic heterocycles. The van der Waals surface area contributed by atoms with Gasteiger partial charge in [-0.15, -0.1) is 0 Å². The summed E-state index contributed by atoms with van der Waals surface area (Å²) in [5, 5.41) is 3.04. The summed E-state index contributed by atoms with van der Waals surface area (Å²) in [5.41, 5.74) is 0.420. The number of nitrogens with one attached hydrogen (secondary N) is 1. The Kier molecular flexibility index (Phi) is 5.17. The number of unbranched alkanes of at least 4 members (excludes halogenated alkanes) is 1. The molecule has 1 atom stereocenters. The first-order valence-corrected chi connectivity index (χ1v) is 9.20. The van der Waals surface area contributed by atoms with E-state index in [0.29, 0.717) is 12.4 Å². The molecule has 1 saturated heterocycles. The Morgan fingerprint density at radius 2 is 1.96 bits per heavy atom. The predicted octanol–water partition coefficient (Wildman–Crippen LogP) is 1.64. The monoisotopic (exact) mass is 408 g/mol. The highest BCUT2D eigenvalue weighted by atomic mass is 79.9. The van der Waals surface area contributed by atoms with E-state index in [9.17, 15) is 19.2 Å². The number of carbonyl (C=O) groups is 4. The number of carbonyl (C=O) groups excluding carboxylic acids is 4. The number of imide groups is 2. The fourth-order valence-electron chi connectivity index (χ4n) is 2.98. The molecule has 2 heterocycles. The summed E-state index contributed by atoms with van der Waals surface area (Å²) in [4.78, 5) is 49.7. The van der Waals surface area contributed by atoms with Crippen LogP contribution in [0.3, 0.4) is 0 Å². The number of piperidine rings is 1. The van der Waals surface area contributed by atoms with Gasteiger partial charge in [0.1, 0.15) is 11.8 Å². The average molecular weight is 409 g/mol. The maximum absolute atomic E-state index is 12.8. The predicted molar refractivity (Wildman–Crippen MR) is 91.6 cm³/mol. The second kappa shape index (κ2) is 7.35. The smallest absolute Gasteiger partial charge is 0.266 e. The first-order valence-electron chi connectivity index (χ1n) is 8.08. The second-order valence-corrected chi connectivity index (χ2v) is 6.66. The van der Waals surface area contributed by atoms with Gasteiger partial charge in [-0.05, 0) is 31.4 Å². The molecule has 7 nitrogen and oxygen atoms in total. The molecule has 1 unspecified atom stereocenters. The van der Waals surface area contributed by atoms with Crippen LogP contribution in [0.15, 0.2) is 18.2 Å². The topological polar surface area (TPSA) is 92.8 Å². The van der Waals surface area contributed by atoms with Crippen LogP contribution < -0.4 is 10.1 Å². The van der Waals surface area contributed by atoms with Crippen LogP contribution in [0.1, 0.15) is 46.4 Å². The van der Waals surface area contributed by atoms with Crippen LogP contribution in [-0.4, -0.2) is 46.5 Å². The summed E-state index contributed by atoms with van der Waals surface area (Å²) >= 11 is 3.34. The number of nitrogens with zero attached hydrogens (tertiary/aromatic N) is 1. The highest BCUT2D eigenvalue weighted by Crippen LogP contribution is 2.33. The molecule has 0 aromatic heterocycles. The van der Waals surface area contributed by atoms with Gasteiger partial charge in [-0.1, -0.05) is 22.0 Å². The molecule has 0 spiro atoms. The highest BCUT2D eigenvalue weighted by Gasteiger charge is 2.45. The molecule has 0 radical (unpaired) electrons. The van der Waals surface area contributed by atoms with Crippen LogP contribution in [0.25, 0.3) is 0 Å². The Bertz CT molecular complexity index is 749. The first-order chi connectivity index (χ1) is 12.0. The van der Waals surface area contributed by atoms with E-state index in [1.807, 2.05) is 0 Å². The summed E-state index contributed by atoms with van der Waals surface area (Å²) in [6, 6.07) is 3.88. The number of hydrogen-bond donors (Lipinski definition) is 1. The average Bonchev–Trinajstić information content (AvgIpc) is 2.84. The summed E-state index contributed by atoms with van der Waals surface area (Å²) in [6.45, 7) is 0.432. The minimum Gasteiger partial charge on any atom is -0.493 e. The number of rotatable bonds is 6. The fraction of sp³-hybridized carbons (Fsp3) is 0.412. The van der Waals surface area contributed by atoms with Gasteiger partial charge in [-0.25, -0.2) is 0 Å². The zero-order valence-corrected chi connectivity index (χ0v) is 15.0. The van der Waals surface area contributed by atoms with E-state index in [0.717, 1.165) is 23.1 Å². The molecule has 4 amide bonds. The molecule has 3 rings (SSSR count). The minimum atomic E-state index is -0.966. The summed E-state index contributed by atoms with van der Waals surface area (Å²) in [7, 11) is 0. The standard InChI is InChI=1S/C17H17BrN2O5/c18-8-1-2-9-25-12-5-3-4-10-14(12)17(24)20(16(10)23)11-6-7-13(21)19-15(11)22/h3-5,11H,1-2,6-9H2,(H,19,21,22). The van der Waals surface area contributed by atoms with E-state index >= 15 is 0 Å². The minimum absolute atomic E-state index is 0.0969. The Balaban J connectivity index is 1.84. The Morgan fingerprint density at radius 3 is 2.68 bits per heavy atom. The molecule has 1 fully saturated rings. The van der Waals surface area contributed by atoms with Gasteiger partial charge in [0.05, 0.1) is 17.7 Å². The number of fused-ring (bicyclic) bond motifs is 1. The van der Waals surface area contributed by atoms with Crippen LogP contribution in [0.4, 0.5) is 0 Å². The van der Waals surface area contributed by atoms with Crippen LogP contribution in [0, 0.1) is 0 Å². The van der Waals surface area contributed by atoms with Crippen molar-refractivity contribution in [1.82, 2.24) is 10.2 Å². The second-order valence-electron chi connectivity index (χ2n) is 5.87. The molecular formula is C17H17BrN2O5. The summed E-state index contributed by atoms with van der Waals surface area (Å²) < 4.78 is 5.67. The first kappa shape index (κ1) is 17.6. The van der Waals surface area contributed by atoms with Gasteiger partial charge < -0.3 is 4.74 Å². The van der Waals surface area contributed by atoms with Crippen molar-refractivity contribution in [2.45, 2.75) is 31.7 Å². The number of halogens is 1. The number of alkyl halides is 1. The molecule has 2 aliphatic rings. The fourth-order valence-corrected chi connectivity index (χ4v) is 3.38. The van der Waals surface area contributed by atoms with E-state index in [2.05, 4.69) is 21.2 Å². The van der Waals surface area contributed by atoms with Crippen LogP contribution in [0.5, 0.6) is 5.75 Å². The van der Waals surface area contributed by atoms with E-state index in [-0.39, 0.29) is 24.0 Å². The zero-order chi connectivity index (χ0) is 18.0. The van der Waals surface area contributed by atoms with Crippen molar-refractivity contribution >= 4 is 39.6 Å². The van der Waals surface area contributed by atoms with Crippen molar-refractivity contribution in [3.05, 3.63) is 29.3 Å². The van der Waals surface area contributed by atoms with Crippen molar-refractivity contribution in [2.75, 3.05) is 11.9 Å². The van der Waals surface area contributed by atoms with Crippen molar-refractivity contribution < 1.29 is 23.9 Å². The molecule has 0 aliphatic carbocycles. The lowest BCUT2D eigenvalue weighted by Crippen LogP contribution is -2.54. The molecule has 8 heteroatoms. The SMILES string of the molecule is O=C1CCC(N2C(=O)c3cccc(OCCCCBr)c3C2=O)C(=O)N1. The van der Waals surface area contributed by atoms with Crippen molar-refractivity contribution in [3.8, 4) is 5.75 Å². The van der Waals surface area contributed by atoms with Crippen molar-refractivity contribution in [2.24, 2.45) is 0 Å². The lowest BCUT2D eigenvalue weighted by molar-refractivity contribution is -0.136. The third-order valence-corrected chi connectivity index (χ3v) is 4.78. The van der Waals surface area contributed by atoms with E-state index in [4.69, 9.17) is 4.74 Å². The number of ether oxygens (including phenoxy) is 1. The molecule has 1 aromatic carbocycles. The quantitative estimate of drug-likeness (QED) is 0.438. The van der Waals surface area contributed by atoms with Gasteiger partial charge >= 0.3 is 0 Å². The third kappa shape index (κ3) is 3.30. The number of benzene rings is 1. The number of amides is 4. The van der Waals surface area contributed by atoms with Crippen LogP contribution in [0.2, 0.25) is 0 Å². The van der Waals surface area contributed by atoms with Gasteiger partial charge in [-0.3, -0.25) is 29.4 Å². The van der Waals surface area contributed by atoms with Gasteiger partial charge in [0.15, 0.2) is 0 Å². The van der Waals surface area contributed by atoms with Crippen molar-refractivity contribution in [3.63, 3.8) is 0 Å². The lowest BCUT2D eigenvalue weighted by atomic mass is 10.0. The maximum atomic E-state index is 12.8. The van der Waals surface area contributed by atoms with Gasteiger partial charge in [0.2, 0.25) is 11.8 Å². The molecule has 0 saturated carbocycles. The molecule has 1 aromatic rings. The van der Waals surface area contributed by atoms with Crippen LogP contribution >= 0.6 is 15.9 Å². The maximum Gasteiger partial charge on any atom is 0.266 e. The van der Waals surface area contributed by atoms with Crippen molar-refractivity contribution in [1.29, 1.82) is 0 Å². The van der Waals surface area contributed by atoms with Gasteiger partial charge in [-0.2, -0.15) is 0 Å². The number of hydrogen-bond acceptors (Lipinski definition) is 5. The molecule has 25 heavy (non-hydrogen) atoms. The van der Waals surface area contributed by atoms with Gasteiger partial charge in [0, 0.05) is 11.8 Å². The molecule has 1 N–H and O–H groups in total. The zero-order valence-electron chi connectivity index (χ0n) is 13.4. The van der Waals surface area contributed by atoms with Gasteiger partial charge in [0.25, 0.3) is 11.8 Å². The normalized spacial score (nSPS) is 19.9. The van der Waals surface area contributed by atoms with E-state index < -0.39 is 29.7 Å². The van der Waals surface area contributed by atoms with Crippen LogP contribution in [-0.2, 0) is 9.59 Å². The summed E-state index contributed by atoms with van der Waals surface area (Å²) in [5.74, 6) is -1.74. The Morgan fingerprint density at radius 1 is 1.16 bits per heavy atom. The van der Waals surface area contributed by atoms with E-state index in [1.54, 1.807) is 18.2 Å². The third-order valence-electron chi connectivity index (χ3n) is 4.22. The molecule has 0 bridgehead atoms.